The predicted molar refractivity (Wildman–Crippen MR) is 108 cm³/mol. The monoisotopic (exact) mass is 379 g/mol. The van der Waals surface area contributed by atoms with Gasteiger partial charge in [-0.15, -0.1) is 15.3 Å². The van der Waals surface area contributed by atoms with E-state index >= 15 is 0 Å². The zero-order valence-electron chi connectivity index (χ0n) is 15.0. The molecule has 1 unspecified atom stereocenters. The summed E-state index contributed by atoms with van der Waals surface area (Å²) in [6, 6.07) is 16.0. The van der Waals surface area contributed by atoms with Gasteiger partial charge in [0.25, 0.3) is 0 Å². The molecule has 0 bridgehead atoms. The van der Waals surface area contributed by atoms with Crippen LogP contribution in [0, 0.1) is 5.41 Å². The molecule has 0 fully saturated rings. The van der Waals surface area contributed by atoms with Crippen LogP contribution in [0.25, 0.3) is 17.0 Å². The smallest absolute Gasteiger partial charge is 0.186 e. The van der Waals surface area contributed by atoms with E-state index in [0.717, 1.165) is 23.6 Å². The van der Waals surface area contributed by atoms with Crippen LogP contribution in [-0.2, 0) is 6.42 Å². The van der Waals surface area contributed by atoms with Crippen molar-refractivity contribution in [2.75, 3.05) is 18.5 Å². The normalized spacial score (nSPS) is 13.6. The number of thiophene rings is 1. The number of aliphatic hydroxyl groups is 1. The maximum absolute atomic E-state index is 9.95. The van der Waals surface area contributed by atoms with Crippen LogP contribution in [0.5, 0.6) is 0 Å². The second-order valence-corrected chi connectivity index (χ2v) is 7.79. The fourth-order valence-corrected chi connectivity index (χ4v) is 3.66. The van der Waals surface area contributed by atoms with E-state index in [1.807, 2.05) is 47.2 Å². The Labute approximate surface area is 161 Å². The van der Waals surface area contributed by atoms with Gasteiger partial charge in [0.2, 0.25) is 0 Å². The number of anilines is 1. The largest absolute Gasteiger partial charge is 0.396 e. The standard InChI is InChI=1S/C20H21N5OS/c1-20(14-26,11-15-5-3-2-4-6-15)13-21-17-7-8-18-22-23-19(25(18)24-17)16-9-10-27-12-16/h2-10,12,26H,11,13-14H2,1H3,(H,21,24). The molecule has 1 atom stereocenters. The number of nitrogens with zero attached hydrogens (tertiary/aromatic N) is 4. The number of nitrogens with one attached hydrogen (secondary N) is 1. The molecule has 4 rings (SSSR count). The fraction of sp³-hybridized carbons (Fsp3) is 0.250. The first-order valence-corrected chi connectivity index (χ1v) is 9.75. The third kappa shape index (κ3) is 3.84. The van der Waals surface area contributed by atoms with Gasteiger partial charge in [-0.25, -0.2) is 0 Å². The number of aliphatic hydroxyl groups excluding tert-OH is 1. The Kier molecular flexibility index (Phi) is 4.87. The molecule has 3 aromatic heterocycles. The molecule has 4 aromatic rings. The second-order valence-electron chi connectivity index (χ2n) is 7.01. The summed E-state index contributed by atoms with van der Waals surface area (Å²) in [5, 5.41) is 30.4. The lowest BCUT2D eigenvalue weighted by Crippen LogP contribution is -2.33. The summed E-state index contributed by atoms with van der Waals surface area (Å²) >= 11 is 1.62. The molecular formula is C20H21N5OS. The highest BCUT2D eigenvalue weighted by atomic mass is 32.1. The molecule has 0 aliphatic rings. The van der Waals surface area contributed by atoms with Crippen LogP contribution < -0.4 is 5.32 Å². The van der Waals surface area contributed by atoms with Crippen molar-refractivity contribution in [1.82, 2.24) is 19.8 Å². The summed E-state index contributed by atoms with van der Waals surface area (Å²) in [5.41, 5.74) is 2.62. The fourth-order valence-electron chi connectivity index (χ4n) is 3.02. The highest BCUT2D eigenvalue weighted by Crippen LogP contribution is 2.24. The molecule has 1 aromatic carbocycles. The highest BCUT2D eigenvalue weighted by molar-refractivity contribution is 7.08. The summed E-state index contributed by atoms with van der Waals surface area (Å²) in [7, 11) is 0. The molecule has 0 aliphatic carbocycles. The molecule has 0 aliphatic heterocycles. The van der Waals surface area contributed by atoms with Gasteiger partial charge < -0.3 is 10.4 Å². The lowest BCUT2D eigenvalue weighted by molar-refractivity contribution is 0.153. The first-order valence-electron chi connectivity index (χ1n) is 8.81. The van der Waals surface area contributed by atoms with Gasteiger partial charge in [0.05, 0.1) is 6.61 Å². The van der Waals surface area contributed by atoms with Crippen molar-refractivity contribution in [3.05, 3.63) is 64.9 Å². The van der Waals surface area contributed by atoms with Gasteiger partial charge in [-0.3, -0.25) is 0 Å². The van der Waals surface area contributed by atoms with Crippen molar-refractivity contribution in [3.8, 4) is 11.4 Å². The zero-order chi connectivity index (χ0) is 18.7. The van der Waals surface area contributed by atoms with Crippen LogP contribution in [0.4, 0.5) is 5.82 Å². The highest BCUT2D eigenvalue weighted by Gasteiger charge is 2.24. The molecule has 138 valence electrons. The van der Waals surface area contributed by atoms with Crippen LogP contribution in [0.3, 0.4) is 0 Å². The first kappa shape index (κ1) is 17.6. The Morgan fingerprint density at radius 3 is 2.70 bits per heavy atom. The zero-order valence-corrected chi connectivity index (χ0v) is 15.9. The predicted octanol–water partition coefficient (Wildman–Crippen LogP) is 3.51. The number of rotatable bonds is 7. The maximum Gasteiger partial charge on any atom is 0.186 e. The van der Waals surface area contributed by atoms with E-state index in [-0.39, 0.29) is 12.0 Å². The van der Waals surface area contributed by atoms with E-state index in [1.54, 1.807) is 15.9 Å². The van der Waals surface area contributed by atoms with Gasteiger partial charge in [-0.2, -0.15) is 15.9 Å². The van der Waals surface area contributed by atoms with Crippen LogP contribution in [0.1, 0.15) is 12.5 Å². The quantitative estimate of drug-likeness (QED) is 0.514. The Bertz CT molecular complexity index is 1020. The van der Waals surface area contributed by atoms with Gasteiger partial charge >= 0.3 is 0 Å². The molecule has 0 spiro atoms. The minimum Gasteiger partial charge on any atom is -0.396 e. The Morgan fingerprint density at radius 1 is 1.11 bits per heavy atom. The van der Waals surface area contributed by atoms with E-state index in [1.165, 1.54) is 5.56 Å². The SMILES string of the molecule is CC(CO)(CNc1ccc2nnc(-c3ccsc3)n2n1)Cc1ccccc1. The average molecular weight is 379 g/mol. The van der Waals surface area contributed by atoms with Crippen molar-refractivity contribution < 1.29 is 5.11 Å². The number of fused-ring (bicyclic) bond motifs is 1. The lowest BCUT2D eigenvalue weighted by atomic mass is 9.84. The Morgan fingerprint density at radius 2 is 1.96 bits per heavy atom. The topological polar surface area (TPSA) is 75.3 Å². The molecule has 27 heavy (non-hydrogen) atoms. The Hall–Kier alpha value is -2.77. The van der Waals surface area contributed by atoms with Crippen LogP contribution in [-0.4, -0.2) is 38.1 Å². The molecule has 0 radical (unpaired) electrons. The molecule has 0 saturated carbocycles. The van der Waals surface area contributed by atoms with Crippen molar-refractivity contribution in [2.24, 2.45) is 5.41 Å². The maximum atomic E-state index is 9.95. The molecule has 0 saturated heterocycles. The van der Waals surface area contributed by atoms with E-state index in [4.69, 9.17) is 0 Å². The number of aromatic nitrogens is 4. The molecule has 6 nitrogen and oxygen atoms in total. The summed E-state index contributed by atoms with van der Waals surface area (Å²) in [5.74, 6) is 1.45. The van der Waals surface area contributed by atoms with Gasteiger partial charge in [0.1, 0.15) is 5.82 Å². The van der Waals surface area contributed by atoms with Crippen molar-refractivity contribution in [3.63, 3.8) is 0 Å². The first-order chi connectivity index (χ1) is 13.2. The number of benzene rings is 1. The van der Waals surface area contributed by atoms with Gasteiger partial charge in [0, 0.05) is 22.9 Å². The van der Waals surface area contributed by atoms with Gasteiger partial charge in [-0.05, 0) is 35.6 Å². The van der Waals surface area contributed by atoms with Gasteiger partial charge in [0.15, 0.2) is 11.5 Å². The van der Waals surface area contributed by atoms with Crippen LogP contribution in [0.15, 0.2) is 59.3 Å². The van der Waals surface area contributed by atoms with Crippen molar-refractivity contribution >= 4 is 22.8 Å². The van der Waals surface area contributed by atoms with E-state index in [9.17, 15) is 5.11 Å². The molecule has 2 N–H and O–H groups in total. The van der Waals surface area contributed by atoms with Crippen molar-refractivity contribution in [2.45, 2.75) is 13.3 Å². The van der Waals surface area contributed by atoms with E-state index < -0.39 is 0 Å². The third-order valence-electron chi connectivity index (χ3n) is 4.59. The van der Waals surface area contributed by atoms with E-state index in [0.29, 0.717) is 12.2 Å². The minimum atomic E-state index is -0.290. The summed E-state index contributed by atoms with van der Waals surface area (Å²) < 4.78 is 1.75. The molecular weight excluding hydrogens is 358 g/mol. The summed E-state index contributed by atoms with van der Waals surface area (Å²) in [6.45, 7) is 2.76. The Balaban J connectivity index is 1.53. The lowest BCUT2D eigenvalue weighted by Gasteiger charge is -2.28. The van der Waals surface area contributed by atoms with Crippen LogP contribution >= 0.6 is 11.3 Å². The average Bonchev–Trinajstić information content (AvgIpc) is 3.36. The van der Waals surface area contributed by atoms with Crippen molar-refractivity contribution in [1.29, 1.82) is 0 Å². The molecule has 7 heteroatoms. The minimum absolute atomic E-state index is 0.0872. The number of hydrogen-bond acceptors (Lipinski definition) is 6. The van der Waals surface area contributed by atoms with Crippen LogP contribution in [0.2, 0.25) is 0 Å². The summed E-state index contributed by atoms with van der Waals surface area (Å²) in [6.07, 6.45) is 0.784. The molecule has 3 heterocycles. The van der Waals surface area contributed by atoms with E-state index in [2.05, 4.69) is 39.7 Å². The number of hydrogen-bond donors (Lipinski definition) is 2. The summed E-state index contributed by atoms with van der Waals surface area (Å²) in [4.78, 5) is 0. The third-order valence-corrected chi connectivity index (χ3v) is 5.28. The van der Waals surface area contributed by atoms with Gasteiger partial charge in [-0.1, -0.05) is 37.3 Å². The second kappa shape index (κ2) is 7.46. The molecule has 0 amide bonds.